The summed E-state index contributed by atoms with van der Waals surface area (Å²) in [5.74, 6) is 0.412. The molecule has 0 saturated carbocycles. The molecule has 1 aliphatic heterocycles. The number of hydroxylamine groups is 1. The van der Waals surface area contributed by atoms with Crippen LogP contribution >= 0.6 is 0 Å². The van der Waals surface area contributed by atoms with Crippen molar-refractivity contribution in [3.05, 3.63) is 35.9 Å². The number of nitrogens with one attached hydrogen (secondary N) is 2. The minimum atomic E-state index is -0.0348. The zero-order chi connectivity index (χ0) is 12.1. The zero-order valence-electron chi connectivity index (χ0n) is 9.98. The van der Waals surface area contributed by atoms with Gasteiger partial charge in [0.1, 0.15) is 0 Å². The Balaban J connectivity index is 1.69. The van der Waals surface area contributed by atoms with Crippen LogP contribution in [0.4, 0.5) is 0 Å². The quantitative estimate of drug-likeness (QED) is 0.750. The highest BCUT2D eigenvalue weighted by Gasteiger charge is 2.28. The predicted molar refractivity (Wildman–Crippen MR) is 64.9 cm³/mol. The van der Waals surface area contributed by atoms with Crippen molar-refractivity contribution in [3.63, 3.8) is 0 Å². The standard InChI is InChI=1S/C13H18N2O2/c1-10(12-7-14-8-12)13(16)15-17-9-11-5-3-2-4-6-11/h2-6,10,12,14H,7-9H2,1H3,(H,15,16). The van der Waals surface area contributed by atoms with Gasteiger partial charge in [-0.05, 0) is 24.6 Å². The van der Waals surface area contributed by atoms with Crippen LogP contribution in [0.2, 0.25) is 0 Å². The first-order valence-corrected chi connectivity index (χ1v) is 5.93. The summed E-state index contributed by atoms with van der Waals surface area (Å²) in [6, 6.07) is 9.77. The fraction of sp³-hybridized carbons (Fsp3) is 0.462. The molecule has 17 heavy (non-hydrogen) atoms. The number of rotatable bonds is 5. The molecular weight excluding hydrogens is 216 g/mol. The lowest BCUT2D eigenvalue weighted by molar-refractivity contribution is -0.140. The van der Waals surface area contributed by atoms with E-state index in [9.17, 15) is 4.79 Å². The van der Waals surface area contributed by atoms with E-state index in [2.05, 4.69) is 10.8 Å². The number of hydrogen-bond donors (Lipinski definition) is 2. The van der Waals surface area contributed by atoms with Crippen molar-refractivity contribution in [1.82, 2.24) is 10.8 Å². The van der Waals surface area contributed by atoms with Gasteiger partial charge in [0.15, 0.2) is 0 Å². The average molecular weight is 234 g/mol. The second-order valence-corrected chi connectivity index (χ2v) is 4.45. The summed E-state index contributed by atoms with van der Waals surface area (Å²) >= 11 is 0. The molecule has 92 valence electrons. The van der Waals surface area contributed by atoms with Gasteiger partial charge in [-0.3, -0.25) is 9.63 Å². The lowest BCUT2D eigenvalue weighted by atomic mass is 9.88. The summed E-state index contributed by atoms with van der Waals surface area (Å²) < 4.78 is 0. The Morgan fingerprint density at radius 3 is 2.76 bits per heavy atom. The van der Waals surface area contributed by atoms with Gasteiger partial charge in [-0.1, -0.05) is 37.3 Å². The van der Waals surface area contributed by atoms with Gasteiger partial charge in [-0.25, -0.2) is 5.48 Å². The van der Waals surface area contributed by atoms with Gasteiger partial charge in [0, 0.05) is 5.92 Å². The molecule has 1 atom stereocenters. The molecule has 2 rings (SSSR count). The molecule has 0 aromatic heterocycles. The highest BCUT2D eigenvalue weighted by Crippen LogP contribution is 2.15. The summed E-state index contributed by atoms with van der Waals surface area (Å²) in [5.41, 5.74) is 3.56. The first kappa shape index (κ1) is 12.1. The topological polar surface area (TPSA) is 50.4 Å². The van der Waals surface area contributed by atoms with Gasteiger partial charge in [0.2, 0.25) is 5.91 Å². The van der Waals surface area contributed by atoms with E-state index in [0.29, 0.717) is 12.5 Å². The third-order valence-corrected chi connectivity index (χ3v) is 3.19. The second-order valence-electron chi connectivity index (χ2n) is 4.45. The van der Waals surface area contributed by atoms with Crippen LogP contribution in [0.25, 0.3) is 0 Å². The van der Waals surface area contributed by atoms with E-state index < -0.39 is 0 Å². The minimum Gasteiger partial charge on any atom is -0.316 e. The van der Waals surface area contributed by atoms with Crippen LogP contribution in [0, 0.1) is 11.8 Å². The molecule has 0 radical (unpaired) electrons. The molecule has 4 nitrogen and oxygen atoms in total. The molecule has 1 heterocycles. The number of carbonyl (C=O) groups is 1. The second kappa shape index (κ2) is 5.80. The average Bonchev–Trinajstić information content (AvgIpc) is 2.28. The summed E-state index contributed by atoms with van der Waals surface area (Å²) in [6.45, 7) is 4.19. The molecular formula is C13H18N2O2. The molecule has 1 fully saturated rings. The van der Waals surface area contributed by atoms with Gasteiger partial charge < -0.3 is 5.32 Å². The summed E-state index contributed by atoms with van der Waals surface area (Å²) in [5, 5.41) is 3.16. The van der Waals surface area contributed by atoms with Gasteiger partial charge >= 0.3 is 0 Å². The molecule has 1 saturated heterocycles. The SMILES string of the molecule is CC(C(=O)NOCc1ccccc1)C1CNC1. The van der Waals surface area contributed by atoms with E-state index in [1.54, 1.807) is 0 Å². The monoisotopic (exact) mass is 234 g/mol. The molecule has 1 unspecified atom stereocenters. The van der Waals surface area contributed by atoms with E-state index in [1.807, 2.05) is 37.3 Å². The van der Waals surface area contributed by atoms with E-state index in [1.165, 1.54) is 0 Å². The van der Waals surface area contributed by atoms with Crippen molar-refractivity contribution in [2.45, 2.75) is 13.5 Å². The van der Waals surface area contributed by atoms with Crippen LogP contribution in [0.3, 0.4) is 0 Å². The molecule has 1 aromatic carbocycles. The maximum absolute atomic E-state index is 11.7. The Labute approximate surface area is 101 Å². The largest absolute Gasteiger partial charge is 0.316 e. The van der Waals surface area contributed by atoms with Crippen molar-refractivity contribution >= 4 is 5.91 Å². The summed E-state index contributed by atoms with van der Waals surface area (Å²) in [7, 11) is 0. The van der Waals surface area contributed by atoms with Crippen molar-refractivity contribution < 1.29 is 9.63 Å². The Kier molecular flexibility index (Phi) is 4.12. The zero-order valence-corrected chi connectivity index (χ0v) is 9.98. The van der Waals surface area contributed by atoms with Crippen LogP contribution < -0.4 is 10.8 Å². The van der Waals surface area contributed by atoms with Crippen LogP contribution in [0.15, 0.2) is 30.3 Å². The molecule has 2 N–H and O–H groups in total. The molecule has 0 aliphatic carbocycles. The van der Waals surface area contributed by atoms with Crippen molar-refractivity contribution in [2.75, 3.05) is 13.1 Å². The molecule has 0 bridgehead atoms. The first-order chi connectivity index (χ1) is 8.27. The Morgan fingerprint density at radius 2 is 2.18 bits per heavy atom. The van der Waals surface area contributed by atoms with Gasteiger partial charge in [0.05, 0.1) is 6.61 Å². The van der Waals surface area contributed by atoms with Crippen LogP contribution in [-0.2, 0) is 16.2 Å². The highest BCUT2D eigenvalue weighted by atomic mass is 16.6. The fourth-order valence-corrected chi connectivity index (χ4v) is 1.74. The maximum atomic E-state index is 11.7. The third-order valence-electron chi connectivity index (χ3n) is 3.19. The molecule has 0 spiro atoms. The number of hydrogen-bond acceptors (Lipinski definition) is 3. The van der Waals surface area contributed by atoms with Crippen LogP contribution in [-0.4, -0.2) is 19.0 Å². The van der Waals surface area contributed by atoms with E-state index in [4.69, 9.17) is 4.84 Å². The normalized spacial score (nSPS) is 17.2. The first-order valence-electron chi connectivity index (χ1n) is 5.93. The Hall–Kier alpha value is -1.39. The van der Waals surface area contributed by atoms with Crippen molar-refractivity contribution in [3.8, 4) is 0 Å². The highest BCUT2D eigenvalue weighted by molar-refractivity contribution is 5.77. The van der Waals surface area contributed by atoms with E-state index in [-0.39, 0.29) is 11.8 Å². The minimum absolute atomic E-state index is 0.00650. The Bertz CT molecular complexity index is 363. The Morgan fingerprint density at radius 1 is 1.47 bits per heavy atom. The van der Waals surface area contributed by atoms with Gasteiger partial charge in [-0.15, -0.1) is 0 Å². The van der Waals surface area contributed by atoms with Crippen LogP contribution in [0.1, 0.15) is 12.5 Å². The summed E-state index contributed by atoms with van der Waals surface area (Å²) in [4.78, 5) is 16.9. The number of amides is 1. The molecule has 1 aliphatic rings. The van der Waals surface area contributed by atoms with Gasteiger partial charge in [-0.2, -0.15) is 0 Å². The fourth-order valence-electron chi connectivity index (χ4n) is 1.74. The van der Waals surface area contributed by atoms with E-state index in [0.717, 1.165) is 18.7 Å². The van der Waals surface area contributed by atoms with E-state index >= 15 is 0 Å². The number of carbonyl (C=O) groups excluding carboxylic acids is 1. The summed E-state index contributed by atoms with van der Waals surface area (Å²) in [6.07, 6.45) is 0. The predicted octanol–water partition coefficient (Wildman–Crippen LogP) is 1.09. The lowest BCUT2D eigenvalue weighted by Gasteiger charge is -2.31. The lowest BCUT2D eigenvalue weighted by Crippen LogP contribution is -2.49. The van der Waals surface area contributed by atoms with Crippen LogP contribution in [0.5, 0.6) is 0 Å². The molecule has 1 aromatic rings. The third kappa shape index (κ3) is 3.28. The molecule has 4 heteroatoms. The smallest absolute Gasteiger partial charge is 0.246 e. The van der Waals surface area contributed by atoms with Crippen molar-refractivity contribution in [1.29, 1.82) is 0 Å². The number of benzene rings is 1. The van der Waals surface area contributed by atoms with Gasteiger partial charge in [0.25, 0.3) is 0 Å². The molecule has 1 amide bonds. The maximum Gasteiger partial charge on any atom is 0.246 e. The van der Waals surface area contributed by atoms with Crippen molar-refractivity contribution in [2.24, 2.45) is 11.8 Å².